The van der Waals surface area contributed by atoms with Gasteiger partial charge in [0, 0.05) is 8.33 Å². The maximum atomic E-state index is 11.2. The Balaban J connectivity index is 2.58. The minimum absolute atomic E-state index is 0.0628. The summed E-state index contributed by atoms with van der Waals surface area (Å²) < 4.78 is 1.39. The lowest BCUT2D eigenvalue weighted by Crippen LogP contribution is -2.25. The SMILES string of the molecule is CCCCCCC1(CCCC(CC)C(=O)O)C=C(I)SC1Cl. The zero-order chi connectivity index (χ0) is 16.6. The Morgan fingerprint density at radius 2 is 2.05 bits per heavy atom. The van der Waals surface area contributed by atoms with Gasteiger partial charge in [-0.25, -0.2) is 0 Å². The highest BCUT2D eigenvalue weighted by atomic mass is 127. The van der Waals surface area contributed by atoms with Gasteiger partial charge in [-0.15, -0.1) is 11.6 Å². The van der Waals surface area contributed by atoms with E-state index in [0.717, 1.165) is 25.7 Å². The van der Waals surface area contributed by atoms with E-state index in [4.69, 9.17) is 11.6 Å². The third-order valence-electron chi connectivity index (χ3n) is 4.60. The number of carboxylic acids is 1. The Labute approximate surface area is 158 Å². The Bertz CT molecular complexity index is 389. The van der Waals surface area contributed by atoms with Crippen LogP contribution in [-0.2, 0) is 4.79 Å². The first kappa shape index (κ1) is 20.6. The fourth-order valence-corrected chi connectivity index (χ4v) is 6.54. The molecule has 0 spiro atoms. The van der Waals surface area contributed by atoms with Crippen LogP contribution in [0.1, 0.15) is 71.6 Å². The van der Waals surface area contributed by atoms with Crippen molar-refractivity contribution in [1.29, 1.82) is 0 Å². The predicted molar refractivity (Wildman–Crippen MR) is 106 cm³/mol. The molecule has 0 amide bonds. The van der Waals surface area contributed by atoms with Crippen molar-refractivity contribution in [2.24, 2.45) is 11.3 Å². The van der Waals surface area contributed by atoms with Crippen molar-refractivity contribution in [3.05, 3.63) is 8.99 Å². The molecule has 2 nitrogen and oxygen atoms in total. The van der Waals surface area contributed by atoms with Crippen LogP contribution in [-0.4, -0.2) is 15.8 Å². The van der Waals surface area contributed by atoms with Crippen LogP contribution in [0, 0.1) is 11.3 Å². The number of halogens is 2. The van der Waals surface area contributed by atoms with Crippen molar-refractivity contribution in [2.45, 2.75) is 76.3 Å². The minimum Gasteiger partial charge on any atom is -0.481 e. The summed E-state index contributed by atoms with van der Waals surface area (Å²) in [6.45, 7) is 4.18. The van der Waals surface area contributed by atoms with Crippen molar-refractivity contribution in [3.8, 4) is 0 Å². The molecule has 0 aromatic rings. The van der Waals surface area contributed by atoms with Gasteiger partial charge in [0.1, 0.15) is 0 Å². The van der Waals surface area contributed by atoms with Crippen molar-refractivity contribution < 1.29 is 9.90 Å². The largest absolute Gasteiger partial charge is 0.481 e. The van der Waals surface area contributed by atoms with Crippen LogP contribution in [0.3, 0.4) is 0 Å². The molecule has 1 rings (SSSR count). The average Bonchev–Trinajstić information content (AvgIpc) is 2.74. The van der Waals surface area contributed by atoms with E-state index in [1.807, 2.05) is 6.92 Å². The lowest BCUT2D eigenvalue weighted by molar-refractivity contribution is -0.142. The molecule has 0 aromatic carbocycles. The quantitative estimate of drug-likeness (QED) is 0.210. The van der Waals surface area contributed by atoms with Crippen molar-refractivity contribution >= 4 is 51.9 Å². The van der Waals surface area contributed by atoms with E-state index < -0.39 is 5.97 Å². The minimum atomic E-state index is -0.659. The molecule has 0 fully saturated rings. The van der Waals surface area contributed by atoms with Gasteiger partial charge in [0.2, 0.25) is 0 Å². The van der Waals surface area contributed by atoms with Crippen LogP contribution in [0.2, 0.25) is 0 Å². The van der Waals surface area contributed by atoms with E-state index in [9.17, 15) is 9.90 Å². The van der Waals surface area contributed by atoms with Crippen LogP contribution >= 0.6 is 46.0 Å². The summed E-state index contributed by atoms with van der Waals surface area (Å²) in [6.07, 6.45) is 11.9. The molecule has 1 aliphatic heterocycles. The van der Waals surface area contributed by atoms with E-state index in [0.29, 0.717) is 6.42 Å². The number of carbonyl (C=O) groups is 1. The Morgan fingerprint density at radius 3 is 2.55 bits per heavy atom. The monoisotopic (exact) mass is 458 g/mol. The summed E-state index contributed by atoms with van der Waals surface area (Å²) in [5, 5.41) is 9.18. The molecule has 1 N–H and O–H groups in total. The van der Waals surface area contributed by atoms with Crippen LogP contribution in [0.4, 0.5) is 0 Å². The molecule has 22 heavy (non-hydrogen) atoms. The number of allylic oxidation sites excluding steroid dienone is 1. The van der Waals surface area contributed by atoms with Gasteiger partial charge in [0.05, 0.1) is 10.6 Å². The van der Waals surface area contributed by atoms with E-state index in [-0.39, 0.29) is 16.0 Å². The van der Waals surface area contributed by atoms with Crippen LogP contribution in [0.15, 0.2) is 8.99 Å². The molecule has 0 bridgehead atoms. The summed E-state index contributed by atoms with van der Waals surface area (Å²) in [6, 6.07) is 0. The normalized spacial score (nSPS) is 26.0. The molecule has 5 heteroatoms. The molecule has 0 saturated heterocycles. The number of hydrogen-bond acceptors (Lipinski definition) is 2. The third kappa shape index (κ3) is 6.23. The lowest BCUT2D eigenvalue weighted by atomic mass is 9.79. The highest BCUT2D eigenvalue weighted by Crippen LogP contribution is 2.54. The molecular formula is C17H28ClIO2S. The Kier molecular flexibility index (Phi) is 9.79. The van der Waals surface area contributed by atoms with Gasteiger partial charge < -0.3 is 5.11 Å². The molecule has 3 unspecified atom stereocenters. The molecule has 0 aromatic heterocycles. The molecular weight excluding hydrogens is 431 g/mol. The van der Waals surface area contributed by atoms with Gasteiger partial charge in [-0.3, -0.25) is 4.79 Å². The number of aliphatic carboxylic acids is 1. The fraction of sp³-hybridized carbons (Fsp3) is 0.824. The second kappa shape index (κ2) is 10.4. The van der Waals surface area contributed by atoms with Crippen molar-refractivity contribution in [2.75, 3.05) is 0 Å². The van der Waals surface area contributed by atoms with Crippen LogP contribution in [0.25, 0.3) is 0 Å². The summed E-state index contributed by atoms with van der Waals surface area (Å²) >= 11 is 10.8. The van der Waals surface area contributed by atoms with Gasteiger partial charge in [0.15, 0.2) is 0 Å². The molecule has 3 atom stereocenters. The maximum Gasteiger partial charge on any atom is 0.306 e. The molecule has 128 valence electrons. The van der Waals surface area contributed by atoms with E-state index in [1.54, 1.807) is 11.8 Å². The molecule has 0 saturated carbocycles. The first-order valence-electron chi connectivity index (χ1n) is 8.37. The Hall–Kier alpha value is 0.580. The molecule has 0 radical (unpaired) electrons. The lowest BCUT2D eigenvalue weighted by Gasteiger charge is -2.31. The van der Waals surface area contributed by atoms with E-state index >= 15 is 0 Å². The summed E-state index contributed by atoms with van der Waals surface area (Å²) in [4.78, 5) is 11.2. The number of alkyl halides is 1. The Morgan fingerprint density at radius 1 is 1.36 bits per heavy atom. The van der Waals surface area contributed by atoms with E-state index in [2.05, 4.69) is 35.6 Å². The highest BCUT2D eigenvalue weighted by Gasteiger charge is 2.40. The van der Waals surface area contributed by atoms with Gasteiger partial charge in [-0.2, -0.15) is 0 Å². The first-order valence-corrected chi connectivity index (χ1v) is 10.8. The number of thioether (sulfide) groups is 1. The molecule has 1 heterocycles. The highest BCUT2D eigenvalue weighted by molar-refractivity contribution is 14.1. The van der Waals surface area contributed by atoms with Crippen molar-refractivity contribution in [1.82, 2.24) is 0 Å². The van der Waals surface area contributed by atoms with Gasteiger partial charge in [0.25, 0.3) is 0 Å². The zero-order valence-electron chi connectivity index (χ0n) is 13.6. The molecule has 0 aliphatic carbocycles. The fourth-order valence-electron chi connectivity index (χ4n) is 3.10. The topological polar surface area (TPSA) is 37.3 Å². The number of hydrogen-bond donors (Lipinski definition) is 1. The standard InChI is InChI=1S/C17H28ClIO2S/c1-3-5-6-7-10-17(12-14(19)22-16(17)18)11-8-9-13(4-2)15(20)21/h12-13,16H,3-11H2,1-2H3,(H,20,21). The van der Waals surface area contributed by atoms with E-state index in [1.165, 1.54) is 28.6 Å². The number of unbranched alkanes of at least 4 members (excludes halogenated alkanes) is 3. The smallest absolute Gasteiger partial charge is 0.306 e. The number of rotatable bonds is 11. The summed E-state index contributed by atoms with van der Waals surface area (Å²) in [5.74, 6) is -0.865. The maximum absolute atomic E-state index is 11.2. The summed E-state index contributed by atoms with van der Waals surface area (Å²) in [7, 11) is 0. The van der Waals surface area contributed by atoms with Gasteiger partial charge in [-0.05, 0) is 48.3 Å². The van der Waals surface area contributed by atoms with Gasteiger partial charge in [-0.1, -0.05) is 63.8 Å². The predicted octanol–water partition coefficient (Wildman–Crippen LogP) is 6.81. The first-order chi connectivity index (χ1) is 10.4. The average molecular weight is 459 g/mol. The van der Waals surface area contributed by atoms with Crippen LogP contribution < -0.4 is 0 Å². The number of carboxylic acid groups (broad SMARTS) is 1. The third-order valence-corrected chi connectivity index (χ3v) is 7.40. The van der Waals surface area contributed by atoms with Crippen molar-refractivity contribution in [3.63, 3.8) is 0 Å². The zero-order valence-corrected chi connectivity index (χ0v) is 17.3. The van der Waals surface area contributed by atoms with Gasteiger partial charge >= 0.3 is 5.97 Å². The molecule has 1 aliphatic rings. The summed E-state index contributed by atoms with van der Waals surface area (Å²) in [5.41, 5.74) is 0.0628. The second-order valence-electron chi connectivity index (χ2n) is 6.26. The van der Waals surface area contributed by atoms with Crippen LogP contribution in [0.5, 0.6) is 0 Å². The second-order valence-corrected chi connectivity index (χ2v) is 10.00.